The molecule has 1 heterocycles. The predicted molar refractivity (Wildman–Crippen MR) is 81.0 cm³/mol. The van der Waals surface area contributed by atoms with Crippen LogP contribution in [0.25, 0.3) is 0 Å². The molecular formula is C15H16ClN3O. The Morgan fingerprint density at radius 1 is 1.35 bits per heavy atom. The van der Waals surface area contributed by atoms with E-state index in [1.54, 1.807) is 18.5 Å². The predicted octanol–water partition coefficient (Wildman–Crippen LogP) is 3.93. The standard InChI is InChI=1S/C15H16ClN3O/c1-10-5-6-13(8-14(10)16)19-15(20)18-11(2)12-4-3-7-17-9-12/h3-9,11H,1-2H3,(H2,18,19,20)/t11-/m1/s1. The number of halogens is 1. The summed E-state index contributed by atoms with van der Waals surface area (Å²) in [5.41, 5.74) is 2.59. The number of rotatable bonds is 3. The molecule has 0 bridgehead atoms. The van der Waals surface area contributed by atoms with E-state index in [0.717, 1.165) is 11.1 Å². The van der Waals surface area contributed by atoms with Crippen LogP contribution in [0.3, 0.4) is 0 Å². The van der Waals surface area contributed by atoms with Gasteiger partial charge in [0.15, 0.2) is 0 Å². The summed E-state index contributed by atoms with van der Waals surface area (Å²) in [6, 6.07) is 8.76. The Balaban J connectivity index is 1.97. The second-order valence-electron chi connectivity index (χ2n) is 4.57. The third kappa shape index (κ3) is 3.71. The molecular weight excluding hydrogens is 274 g/mol. The molecule has 1 aromatic carbocycles. The summed E-state index contributed by atoms with van der Waals surface area (Å²) in [5, 5.41) is 6.23. The van der Waals surface area contributed by atoms with Crippen LogP contribution in [0.1, 0.15) is 24.1 Å². The first-order valence-electron chi connectivity index (χ1n) is 6.30. The number of aryl methyl sites for hydroxylation is 1. The quantitative estimate of drug-likeness (QED) is 0.899. The highest BCUT2D eigenvalue weighted by Gasteiger charge is 2.09. The molecule has 2 amide bonds. The SMILES string of the molecule is Cc1ccc(NC(=O)N[C@H](C)c2cccnc2)cc1Cl. The molecule has 0 spiro atoms. The number of aromatic nitrogens is 1. The molecule has 0 aliphatic carbocycles. The van der Waals surface area contributed by atoms with E-state index in [1.807, 2.05) is 38.1 Å². The number of nitrogens with zero attached hydrogens (tertiary/aromatic N) is 1. The van der Waals surface area contributed by atoms with Crippen molar-refractivity contribution in [3.63, 3.8) is 0 Å². The van der Waals surface area contributed by atoms with Crippen molar-refractivity contribution in [2.45, 2.75) is 19.9 Å². The van der Waals surface area contributed by atoms with E-state index in [2.05, 4.69) is 15.6 Å². The minimum atomic E-state index is -0.277. The normalized spacial score (nSPS) is 11.8. The Hall–Kier alpha value is -2.07. The second-order valence-corrected chi connectivity index (χ2v) is 4.98. The Morgan fingerprint density at radius 3 is 2.80 bits per heavy atom. The smallest absolute Gasteiger partial charge is 0.319 e. The van der Waals surface area contributed by atoms with Crippen molar-refractivity contribution >= 4 is 23.3 Å². The monoisotopic (exact) mass is 289 g/mol. The summed E-state index contributed by atoms with van der Waals surface area (Å²) < 4.78 is 0. The Kier molecular flexibility index (Phi) is 4.58. The molecule has 0 aliphatic rings. The minimum absolute atomic E-state index is 0.121. The van der Waals surface area contributed by atoms with Crippen LogP contribution in [-0.4, -0.2) is 11.0 Å². The van der Waals surface area contributed by atoms with Gasteiger partial charge in [0.05, 0.1) is 6.04 Å². The lowest BCUT2D eigenvalue weighted by atomic mass is 10.1. The molecule has 2 aromatic rings. The Bertz CT molecular complexity index is 601. The van der Waals surface area contributed by atoms with E-state index in [1.165, 1.54) is 0 Å². The number of hydrogen-bond acceptors (Lipinski definition) is 2. The van der Waals surface area contributed by atoms with Crippen molar-refractivity contribution in [3.05, 3.63) is 58.9 Å². The molecule has 0 radical (unpaired) electrons. The summed E-state index contributed by atoms with van der Waals surface area (Å²) >= 11 is 6.02. The fraction of sp³-hybridized carbons (Fsp3) is 0.200. The van der Waals surface area contributed by atoms with Crippen LogP contribution in [0.5, 0.6) is 0 Å². The number of anilines is 1. The minimum Gasteiger partial charge on any atom is -0.331 e. The topological polar surface area (TPSA) is 54.0 Å². The average Bonchev–Trinajstić information content (AvgIpc) is 2.44. The lowest BCUT2D eigenvalue weighted by Gasteiger charge is -2.15. The number of pyridine rings is 1. The summed E-state index contributed by atoms with van der Waals surface area (Å²) in [5.74, 6) is 0. The zero-order chi connectivity index (χ0) is 14.5. The largest absolute Gasteiger partial charge is 0.331 e. The third-order valence-corrected chi connectivity index (χ3v) is 3.37. The maximum Gasteiger partial charge on any atom is 0.319 e. The van der Waals surface area contributed by atoms with E-state index in [0.29, 0.717) is 10.7 Å². The first-order chi connectivity index (χ1) is 9.56. The first-order valence-corrected chi connectivity index (χ1v) is 6.67. The number of benzene rings is 1. The number of carbonyl (C=O) groups is 1. The van der Waals surface area contributed by atoms with Crippen LogP contribution in [0.2, 0.25) is 5.02 Å². The van der Waals surface area contributed by atoms with Gasteiger partial charge in [-0.25, -0.2) is 4.79 Å². The molecule has 0 saturated heterocycles. The van der Waals surface area contributed by atoms with Crippen LogP contribution in [0.15, 0.2) is 42.7 Å². The number of carbonyl (C=O) groups excluding carboxylic acids is 1. The van der Waals surface area contributed by atoms with E-state index in [4.69, 9.17) is 11.6 Å². The van der Waals surface area contributed by atoms with Crippen molar-refractivity contribution in [2.24, 2.45) is 0 Å². The highest BCUT2D eigenvalue weighted by atomic mass is 35.5. The van der Waals surface area contributed by atoms with Gasteiger partial charge in [0, 0.05) is 23.1 Å². The molecule has 5 heteroatoms. The van der Waals surface area contributed by atoms with Crippen molar-refractivity contribution < 1.29 is 4.79 Å². The van der Waals surface area contributed by atoms with Gasteiger partial charge in [0.1, 0.15) is 0 Å². The van der Waals surface area contributed by atoms with E-state index in [-0.39, 0.29) is 12.1 Å². The summed E-state index contributed by atoms with van der Waals surface area (Å²) in [4.78, 5) is 15.9. The van der Waals surface area contributed by atoms with Gasteiger partial charge in [-0.05, 0) is 43.2 Å². The highest BCUT2D eigenvalue weighted by molar-refractivity contribution is 6.31. The molecule has 20 heavy (non-hydrogen) atoms. The zero-order valence-corrected chi connectivity index (χ0v) is 12.1. The molecule has 4 nitrogen and oxygen atoms in total. The van der Waals surface area contributed by atoms with Crippen LogP contribution < -0.4 is 10.6 Å². The summed E-state index contributed by atoms with van der Waals surface area (Å²) in [6.07, 6.45) is 3.43. The maximum absolute atomic E-state index is 11.9. The van der Waals surface area contributed by atoms with Gasteiger partial charge in [0.25, 0.3) is 0 Å². The van der Waals surface area contributed by atoms with Gasteiger partial charge in [-0.15, -0.1) is 0 Å². The molecule has 0 saturated carbocycles. The first kappa shape index (κ1) is 14.3. The van der Waals surface area contributed by atoms with Crippen molar-refractivity contribution in [3.8, 4) is 0 Å². The van der Waals surface area contributed by atoms with Gasteiger partial charge < -0.3 is 10.6 Å². The van der Waals surface area contributed by atoms with Gasteiger partial charge in [-0.3, -0.25) is 4.98 Å². The third-order valence-electron chi connectivity index (χ3n) is 2.96. The van der Waals surface area contributed by atoms with E-state index >= 15 is 0 Å². The average molecular weight is 290 g/mol. The summed E-state index contributed by atoms with van der Waals surface area (Å²) in [7, 11) is 0. The number of urea groups is 1. The van der Waals surface area contributed by atoms with Gasteiger partial charge in [-0.2, -0.15) is 0 Å². The Labute approximate surface area is 123 Å². The molecule has 104 valence electrons. The molecule has 0 aliphatic heterocycles. The zero-order valence-electron chi connectivity index (χ0n) is 11.4. The van der Waals surface area contributed by atoms with Gasteiger partial charge in [0.2, 0.25) is 0 Å². The number of hydrogen-bond donors (Lipinski definition) is 2. The van der Waals surface area contributed by atoms with Crippen LogP contribution in [0, 0.1) is 6.92 Å². The number of nitrogens with one attached hydrogen (secondary N) is 2. The fourth-order valence-electron chi connectivity index (χ4n) is 1.75. The van der Waals surface area contributed by atoms with E-state index < -0.39 is 0 Å². The fourth-order valence-corrected chi connectivity index (χ4v) is 1.93. The molecule has 1 aromatic heterocycles. The molecule has 0 unspecified atom stereocenters. The lowest BCUT2D eigenvalue weighted by Crippen LogP contribution is -2.31. The van der Waals surface area contributed by atoms with Crippen molar-refractivity contribution in [1.82, 2.24) is 10.3 Å². The number of amides is 2. The molecule has 1 atom stereocenters. The van der Waals surface area contributed by atoms with Gasteiger partial charge >= 0.3 is 6.03 Å². The van der Waals surface area contributed by atoms with E-state index in [9.17, 15) is 4.79 Å². The maximum atomic E-state index is 11.9. The van der Waals surface area contributed by atoms with Crippen LogP contribution >= 0.6 is 11.6 Å². The van der Waals surface area contributed by atoms with Gasteiger partial charge in [-0.1, -0.05) is 23.7 Å². The van der Waals surface area contributed by atoms with Crippen LogP contribution in [0.4, 0.5) is 10.5 Å². The second kappa shape index (κ2) is 6.39. The highest BCUT2D eigenvalue weighted by Crippen LogP contribution is 2.20. The molecule has 2 rings (SSSR count). The summed E-state index contributed by atoms with van der Waals surface area (Å²) in [6.45, 7) is 3.81. The Morgan fingerprint density at radius 2 is 2.15 bits per heavy atom. The van der Waals surface area contributed by atoms with Crippen molar-refractivity contribution in [1.29, 1.82) is 0 Å². The molecule has 0 fully saturated rings. The molecule has 2 N–H and O–H groups in total. The van der Waals surface area contributed by atoms with Crippen molar-refractivity contribution in [2.75, 3.05) is 5.32 Å². The lowest BCUT2D eigenvalue weighted by molar-refractivity contribution is 0.249. The van der Waals surface area contributed by atoms with Crippen LogP contribution in [-0.2, 0) is 0 Å².